The summed E-state index contributed by atoms with van der Waals surface area (Å²) in [5.74, 6) is 1.85. The number of hydrogen-bond acceptors (Lipinski definition) is 5. The predicted octanol–water partition coefficient (Wildman–Crippen LogP) is 1.47. The number of aryl methyl sites for hydroxylation is 1. The van der Waals surface area contributed by atoms with Gasteiger partial charge in [-0.1, -0.05) is 6.92 Å². The zero-order valence-corrected chi connectivity index (χ0v) is 15.0. The Morgan fingerprint density at radius 1 is 1.25 bits per heavy atom. The molecule has 1 fully saturated rings. The van der Waals surface area contributed by atoms with E-state index in [1.54, 1.807) is 6.92 Å². The van der Waals surface area contributed by atoms with Gasteiger partial charge in [-0.25, -0.2) is 9.97 Å². The van der Waals surface area contributed by atoms with Gasteiger partial charge >= 0.3 is 0 Å². The van der Waals surface area contributed by atoms with Crippen LogP contribution < -0.4 is 4.90 Å². The highest BCUT2D eigenvalue weighted by atomic mass is 16.3. The van der Waals surface area contributed by atoms with Crippen LogP contribution in [0, 0.1) is 6.92 Å². The number of β-amino-alcohol motifs (C(OH)–C–C–N with tert-alkyl or cyclic N) is 1. The molecule has 0 aliphatic carbocycles. The van der Waals surface area contributed by atoms with Gasteiger partial charge in [0.05, 0.1) is 11.3 Å². The van der Waals surface area contributed by atoms with Crippen LogP contribution in [0.3, 0.4) is 0 Å². The van der Waals surface area contributed by atoms with E-state index in [1.807, 2.05) is 18.7 Å². The summed E-state index contributed by atoms with van der Waals surface area (Å²) < 4.78 is 0. The molecule has 2 aliphatic rings. The Labute approximate surface area is 143 Å². The fourth-order valence-electron chi connectivity index (χ4n) is 3.86. The van der Waals surface area contributed by atoms with Crippen molar-refractivity contribution < 1.29 is 9.90 Å². The van der Waals surface area contributed by atoms with Gasteiger partial charge in [0.15, 0.2) is 0 Å². The third kappa shape index (κ3) is 3.38. The second kappa shape index (κ2) is 6.67. The summed E-state index contributed by atoms with van der Waals surface area (Å²) in [5.41, 5.74) is 1.59. The van der Waals surface area contributed by atoms with E-state index in [0.717, 1.165) is 68.1 Å². The summed E-state index contributed by atoms with van der Waals surface area (Å²) in [7, 11) is 0. The van der Waals surface area contributed by atoms with Crippen molar-refractivity contribution in [1.29, 1.82) is 0 Å². The number of nitrogens with zero attached hydrogens (tertiary/aromatic N) is 4. The smallest absolute Gasteiger partial charge is 0.219 e. The zero-order valence-electron chi connectivity index (χ0n) is 15.0. The van der Waals surface area contributed by atoms with E-state index >= 15 is 0 Å². The Balaban J connectivity index is 1.92. The third-order valence-corrected chi connectivity index (χ3v) is 5.39. The molecule has 3 heterocycles. The fraction of sp³-hybridized carbons (Fsp3) is 0.722. The maximum absolute atomic E-state index is 11.7. The van der Waals surface area contributed by atoms with Crippen LogP contribution in [0.1, 0.15) is 50.2 Å². The lowest BCUT2D eigenvalue weighted by molar-refractivity contribution is -0.128. The van der Waals surface area contributed by atoms with Crippen LogP contribution in [0.2, 0.25) is 0 Å². The van der Waals surface area contributed by atoms with Crippen molar-refractivity contribution in [3.63, 3.8) is 0 Å². The van der Waals surface area contributed by atoms with E-state index in [4.69, 9.17) is 4.98 Å². The lowest BCUT2D eigenvalue weighted by Crippen LogP contribution is -2.48. The average Bonchev–Trinajstić information content (AvgIpc) is 2.76. The number of carbonyl (C=O) groups excluding carboxylic acids is 1. The predicted molar refractivity (Wildman–Crippen MR) is 93.1 cm³/mol. The first-order valence-electron chi connectivity index (χ1n) is 9.01. The van der Waals surface area contributed by atoms with Gasteiger partial charge in [-0.2, -0.15) is 0 Å². The Hall–Kier alpha value is -1.69. The van der Waals surface area contributed by atoms with Crippen molar-refractivity contribution in [2.45, 2.75) is 58.5 Å². The van der Waals surface area contributed by atoms with Gasteiger partial charge < -0.3 is 14.9 Å². The molecular weight excluding hydrogens is 304 g/mol. The summed E-state index contributed by atoms with van der Waals surface area (Å²) in [6.07, 6.45) is 4.14. The molecule has 0 bridgehead atoms. The van der Waals surface area contributed by atoms with Crippen LogP contribution in [-0.4, -0.2) is 57.7 Å². The van der Waals surface area contributed by atoms with Gasteiger partial charge in [0.25, 0.3) is 0 Å². The first-order chi connectivity index (χ1) is 11.4. The van der Waals surface area contributed by atoms with Crippen molar-refractivity contribution in [2.75, 3.05) is 31.1 Å². The molecule has 6 heteroatoms. The molecule has 0 radical (unpaired) electrons. The number of hydrogen-bond donors (Lipinski definition) is 1. The van der Waals surface area contributed by atoms with E-state index in [2.05, 4.69) is 9.88 Å². The molecule has 0 saturated carbocycles. The van der Waals surface area contributed by atoms with Crippen molar-refractivity contribution >= 4 is 11.7 Å². The Bertz CT molecular complexity index is 634. The highest BCUT2D eigenvalue weighted by Gasteiger charge is 2.34. The number of anilines is 1. The van der Waals surface area contributed by atoms with Gasteiger partial charge in [0, 0.05) is 45.1 Å². The van der Waals surface area contributed by atoms with Gasteiger partial charge in [-0.3, -0.25) is 4.79 Å². The lowest BCUT2D eigenvalue weighted by Gasteiger charge is -2.40. The second-order valence-electron chi connectivity index (χ2n) is 7.13. The molecule has 1 N–H and O–H groups in total. The molecule has 1 saturated heterocycles. The highest BCUT2D eigenvalue weighted by molar-refractivity contribution is 5.73. The first-order valence-corrected chi connectivity index (χ1v) is 9.01. The Morgan fingerprint density at radius 3 is 2.71 bits per heavy atom. The monoisotopic (exact) mass is 332 g/mol. The van der Waals surface area contributed by atoms with Crippen molar-refractivity contribution in [2.24, 2.45) is 0 Å². The normalized spacial score (nSPS) is 24.5. The lowest BCUT2D eigenvalue weighted by atomic mass is 9.90. The number of amides is 1. The average molecular weight is 332 g/mol. The summed E-state index contributed by atoms with van der Waals surface area (Å²) in [4.78, 5) is 25.2. The topological polar surface area (TPSA) is 69.6 Å². The molecule has 3 rings (SSSR count). The SMILES string of the molecule is CCC1(O)CCCN(c2nc(C)nc3c2CCN(C(C)=O)CC3)C1. The zero-order chi connectivity index (χ0) is 17.3. The third-order valence-electron chi connectivity index (χ3n) is 5.39. The summed E-state index contributed by atoms with van der Waals surface area (Å²) in [5, 5.41) is 10.7. The van der Waals surface area contributed by atoms with Crippen LogP contribution in [0.4, 0.5) is 5.82 Å². The van der Waals surface area contributed by atoms with Crippen molar-refractivity contribution in [1.82, 2.24) is 14.9 Å². The molecule has 132 valence electrons. The number of piperidine rings is 1. The molecule has 1 amide bonds. The minimum Gasteiger partial charge on any atom is -0.388 e. The van der Waals surface area contributed by atoms with Gasteiger partial charge in [0.1, 0.15) is 11.6 Å². The fourth-order valence-corrected chi connectivity index (χ4v) is 3.86. The number of aromatic nitrogens is 2. The van der Waals surface area contributed by atoms with Crippen LogP contribution in [-0.2, 0) is 17.6 Å². The minimum atomic E-state index is -0.625. The largest absolute Gasteiger partial charge is 0.388 e. The molecule has 1 aromatic heterocycles. The van der Waals surface area contributed by atoms with E-state index in [1.165, 1.54) is 0 Å². The quantitative estimate of drug-likeness (QED) is 0.888. The molecule has 6 nitrogen and oxygen atoms in total. The van der Waals surface area contributed by atoms with E-state index in [-0.39, 0.29) is 5.91 Å². The molecular formula is C18H28N4O2. The number of rotatable bonds is 2. The molecule has 1 atom stereocenters. The molecule has 1 aromatic rings. The van der Waals surface area contributed by atoms with Gasteiger partial charge in [0.2, 0.25) is 5.91 Å². The number of fused-ring (bicyclic) bond motifs is 1. The minimum absolute atomic E-state index is 0.118. The molecule has 2 aliphatic heterocycles. The molecule has 0 spiro atoms. The Kier molecular flexibility index (Phi) is 4.76. The van der Waals surface area contributed by atoms with E-state index in [9.17, 15) is 9.90 Å². The highest BCUT2D eigenvalue weighted by Crippen LogP contribution is 2.31. The molecule has 24 heavy (non-hydrogen) atoms. The van der Waals surface area contributed by atoms with Gasteiger partial charge in [-0.15, -0.1) is 0 Å². The van der Waals surface area contributed by atoms with Crippen molar-refractivity contribution in [3.05, 3.63) is 17.1 Å². The van der Waals surface area contributed by atoms with E-state index < -0.39 is 5.60 Å². The maximum Gasteiger partial charge on any atom is 0.219 e. The maximum atomic E-state index is 11.7. The van der Waals surface area contributed by atoms with Gasteiger partial charge in [-0.05, 0) is 32.6 Å². The molecule has 0 aromatic carbocycles. The number of aliphatic hydroxyl groups is 1. The van der Waals surface area contributed by atoms with Crippen LogP contribution in [0.5, 0.6) is 0 Å². The first kappa shape index (κ1) is 17.1. The van der Waals surface area contributed by atoms with Crippen LogP contribution in [0.25, 0.3) is 0 Å². The Morgan fingerprint density at radius 2 is 2.00 bits per heavy atom. The molecule has 1 unspecified atom stereocenters. The standard InChI is InChI=1S/C18H28N4O2/c1-4-18(24)8-5-9-22(12-18)17-15-6-10-21(14(3)23)11-7-16(15)19-13(2)20-17/h24H,4-12H2,1-3H3. The van der Waals surface area contributed by atoms with E-state index in [0.29, 0.717) is 13.1 Å². The van der Waals surface area contributed by atoms with Crippen LogP contribution in [0.15, 0.2) is 0 Å². The summed E-state index contributed by atoms with van der Waals surface area (Å²) in [6.45, 7) is 8.57. The van der Waals surface area contributed by atoms with Crippen molar-refractivity contribution in [3.8, 4) is 0 Å². The number of carbonyl (C=O) groups is 1. The second-order valence-corrected chi connectivity index (χ2v) is 7.13. The summed E-state index contributed by atoms with van der Waals surface area (Å²) >= 11 is 0. The summed E-state index contributed by atoms with van der Waals surface area (Å²) in [6, 6.07) is 0. The van der Waals surface area contributed by atoms with Crippen LogP contribution >= 0.6 is 0 Å².